The lowest BCUT2D eigenvalue weighted by molar-refractivity contribution is -0.145. The number of carboxylic acids is 3. The predicted molar refractivity (Wildman–Crippen MR) is 123 cm³/mol. The molecule has 11 N–H and O–H groups in total. The molecule has 0 aromatic carbocycles. The number of hydrogen-bond donors (Lipinski definition) is 8. The lowest BCUT2D eigenvalue weighted by Crippen LogP contribution is -2.56. The Morgan fingerprint density at radius 2 is 1.64 bits per heavy atom. The third-order valence-corrected chi connectivity index (χ3v) is 5.39. The van der Waals surface area contributed by atoms with E-state index >= 15 is 0 Å². The van der Waals surface area contributed by atoms with Crippen LogP contribution >= 0.6 is 0 Å². The fourth-order valence-corrected chi connectivity index (χ4v) is 3.63. The first kappa shape index (κ1) is 30.1. The highest BCUT2D eigenvalue weighted by Gasteiger charge is 2.38. The number of nitrogens with zero attached hydrogens (tertiary/aromatic N) is 2. The summed E-state index contributed by atoms with van der Waals surface area (Å²) in [5, 5.41) is 31.9. The molecule has 0 spiro atoms. The van der Waals surface area contributed by atoms with Gasteiger partial charge < -0.3 is 48.1 Å². The molecule has 36 heavy (non-hydrogen) atoms. The van der Waals surface area contributed by atoms with Crippen molar-refractivity contribution in [2.75, 3.05) is 13.1 Å². The van der Waals surface area contributed by atoms with E-state index in [1.807, 2.05) is 0 Å². The number of nitrogens with one attached hydrogen (secondary N) is 2. The van der Waals surface area contributed by atoms with Crippen LogP contribution in [0.25, 0.3) is 0 Å². The van der Waals surface area contributed by atoms with Gasteiger partial charge in [0.2, 0.25) is 17.7 Å². The van der Waals surface area contributed by atoms with Gasteiger partial charge in [-0.15, -0.1) is 0 Å². The zero-order chi connectivity index (χ0) is 27.4. The molecule has 0 aromatic heterocycles. The molecule has 16 heteroatoms. The van der Waals surface area contributed by atoms with Crippen molar-refractivity contribution in [3.8, 4) is 0 Å². The number of rotatable bonds is 15. The highest BCUT2D eigenvalue weighted by molar-refractivity contribution is 5.95. The van der Waals surface area contributed by atoms with Gasteiger partial charge >= 0.3 is 17.9 Å². The minimum atomic E-state index is -1.40. The smallest absolute Gasteiger partial charge is 0.326 e. The van der Waals surface area contributed by atoms with E-state index in [0.717, 1.165) is 4.90 Å². The van der Waals surface area contributed by atoms with E-state index in [1.165, 1.54) is 0 Å². The molecule has 0 aliphatic carbocycles. The molecule has 0 radical (unpaired) electrons. The quantitative estimate of drug-likeness (QED) is 0.0606. The van der Waals surface area contributed by atoms with Crippen LogP contribution in [-0.2, 0) is 28.8 Å². The Labute approximate surface area is 206 Å². The van der Waals surface area contributed by atoms with Crippen molar-refractivity contribution in [1.82, 2.24) is 15.5 Å². The maximum absolute atomic E-state index is 12.9. The first-order valence-electron chi connectivity index (χ1n) is 11.2. The van der Waals surface area contributed by atoms with E-state index in [4.69, 9.17) is 27.4 Å². The van der Waals surface area contributed by atoms with Crippen LogP contribution in [0.1, 0.15) is 44.9 Å². The number of hydrogen-bond acceptors (Lipinski definition) is 8. The van der Waals surface area contributed by atoms with Crippen LogP contribution in [0.2, 0.25) is 0 Å². The van der Waals surface area contributed by atoms with E-state index in [-0.39, 0.29) is 44.7 Å². The lowest BCUT2D eigenvalue weighted by Gasteiger charge is -2.28. The van der Waals surface area contributed by atoms with Crippen LogP contribution in [0.5, 0.6) is 0 Å². The van der Waals surface area contributed by atoms with Gasteiger partial charge in [-0.3, -0.25) is 29.0 Å². The van der Waals surface area contributed by atoms with Gasteiger partial charge in [-0.1, -0.05) is 0 Å². The number of likely N-dealkylation sites (tertiary alicyclic amines) is 1. The normalized spacial score (nSPS) is 17.4. The SMILES string of the molecule is NC(N)=NCCCC(NC(=O)C(CCC(=O)O)NC(=O)C1CCCN1C(=O)C(N)CC(=O)O)C(=O)O. The van der Waals surface area contributed by atoms with Gasteiger partial charge in [0.1, 0.15) is 18.1 Å². The summed E-state index contributed by atoms with van der Waals surface area (Å²) in [5.74, 6) is -6.49. The van der Waals surface area contributed by atoms with Crippen molar-refractivity contribution in [3.63, 3.8) is 0 Å². The van der Waals surface area contributed by atoms with E-state index in [0.29, 0.717) is 6.42 Å². The van der Waals surface area contributed by atoms with Gasteiger partial charge in [0, 0.05) is 19.5 Å². The van der Waals surface area contributed by atoms with Crippen LogP contribution in [0, 0.1) is 0 Å². The Bertz CT molecular complexity index is 876. The zero-order valence-electron chi connectivity index (χ0n) is 19.6. The number of aliphatic carboxylic acids is 3. The molecule has 1 aliphatic rings. The number of carbonyl (C=O) groups is 6. The highest BCUT2D eigenvalue weighted by Crippen LogP contribution is 2.19. The molecule has 4 atom stereocenters. The summed E-state index contributed by atoms with van der Waals surface area (Å²) < 4.78 is 0. The zero-order valence-corrected chi connectivity index (χ0v) is 19.6. The molecule has 1 fully saturated rings. The maximum atomic E-state index is 12.9. The number of carboxylic acid groups (broad SMARTS) is 3. The van der Waals surface area contributed by atoms with Gasteiger partial charge in [0.15, 0.2) is 5.96 Å². The largest absolute Gasteiger partial charge is 0.481 e. The Balaban J connectivity index is 2.91. The molecule has 0 aromatic rings. The van der Waals surface area contributed by atoms with Crippen molar-refractivity contribution in [1.29, 1.82) is 0 Å². The summed E-state index contributed by atoms with van der Waals surface area (Å²) in [6, 6.07) is -5.17. The molecule has 0 bridgehead atoms. The maximum Gasteiger partial charge on any atom is 0.326 e. The molecular weight excluding hydrogens is 482 g/mol. The van der Waals surface area contributed by atoms with E-state index in [2.05, 4.69) is 15.6 Å². The molecule has 1 saturated heterocycles. The number of amides is 3. The number of carbonyl (C=O) groups excluding carboxylic acids is 3. The Kier molecular flexibility index (Phi) is 12.1. The van der Waals surface area contributed by atoms with Crippen molar-refractivity contribution in [2.24, 2.45) is 22.2 Å². The predicted octanol–water partition coefficient (Wildman–Crippen LogP) is -3.25. The Morgan fingerprint density at radius 3 is 2.19 bits per heavy atom. The van der Waals surface area contributed by atoms with Gasteiger partial charge in [0.05, 0.1) is 12.5 Å². The summed E-state index contributed by atoms with van der Waals surface area (Å²) in [6.07, 6.45) is -0.655. The molecular formula is C20H33N7O9. The first-order chi connectivity index (χ1) is 16.8. The average molecular weight is 516 g/mol. The summed E-state index contributed by atoms with van der Waals surface area (Å²) in [7, 11) is 0. The Hall–Kier alpha value is -3.95. The Morgan fingerprint density at radius 1 is 0.972 bits per heavy atom. The first-order valence-corrected chi connectivity index (χ1v) is 11.2. The second kappa shape index (κ2) is 14.4. The van der Waals surface area contributed by atoms with E-state index in [9.17, 15) is 33.9 Å². The topological polar surface area (TPSA) is 281 Å². The minimum Gasteiger partial charge on any atom is -0.481 e. The van der Waals surface area contributed by atoms with Crippen molar-refractivity contribution in [3.05, 3.63) is 0 Å². The fourth-order valence-electron chi connectivity index (χ4n) is 3.63. The summed E-state index contributed by atoms with van der Waals surface area (Å²) in [6.45, 7) is 0.268. The third kappa shape index (κ3) is 10.1. The number of guanidine groups is 1. The molecule has 3 amide bonds. The molecule has 16 nitrogen and oxygen atoms in total. The number of aliphatic imine (C=N–C) groups is 1. The molecule has 1 heterocycles. The second-order valence-corrected chi connectivity index (χ2v) is 8.24. The van der Waals surface area contributed by atoms with Crippen molar-refractivity contribution >= 4 is 41.6 Å². The second-order valence-electron chi connectivity index (χ2n) is 8.24. The summed E-state index contributed by atoms with van der Waals surface area (Å²) in [4.78, 5) is 76.5. The fraction of sp³-hybridized carbons (Fsp3) is 0.650. The standard InChI is InChI=1S/C20H33N7O9/c21-10(9-15(30)31)18(34)27-8-2-4-13(27)17(33)25-11(5-6-14(28)29)16(32)26-12(19(35)36)3-1-7-24-20(22)23/h10-13H,1-9,21H2,(H,25,33)(H,26,32)(H,28,29)(H,30,31)(H,35,36)(H4,22,23,24). The van der Waals surface area contributed by atoms with Gasteiger partial charge in [0.25, 0.3) is 0 Å². The van der Waals surface area contributed by atoms with Crippen LogP contribution in [0.15, 0.2) is 4.99 Å². The lowest BCUT2D eigenvalue weighted by atomic mass is 10.1. The summed E-state index contributed by atoms with van der Waals surface area (Å²) >= 11 is 0. The van der Waals surface area contributed by atoms with E-state index in [1.54, 1.807) is 0 Å². The molecule has 1 aliphatic heterocycles. The van der Waals surface area contributed by atoms with Gasteiger partial charge in [-0.2, -0.15) is 0 Å². The average Bonchev–Trinajstić information content (AvgIpc) is 3.26. The monoisotopic (exact) mass is 515 g/mol. The van der Waals surface area contributed by atoms with Crippen LogP contribution in [-0.4, -0.2) is 99.1 Å². The molecule has 4 unspecified atom stereocenters. The van der Waals surface area contributed by atoms with Crippen LogP contribution in [0.4, 0.5) is 0 Å². The molecule has 0 saturated carbocycles. The van der Waals surface area contributed by atoms with Gasteiger partial charge in [-0.25, -0.2) is 4.79 Å². The summed E-state index contributed by atoms with van der Waals surface area (Å²) in [5.41, 5.74) is 16.0. The molecule has 1 rings (SSSR count). The van der Waals surface area contributed by atoms with Gasteiger partial charge in [-0.05, 0) is 32.1 Å². The third-order valence-electron chi connectivity index (χ3n) is 5.39. The van der Waals surface area contributed by atoms with Crippen molar-refractivity contribution < 1.29 is 44.1 Å². The van der Waals surface area contributed by atoms with Crippen molar-refractivity contribution in [2.45, 2.75) is 69.1 Å². The number of nitrogens with two attached hydrogens (primary N) is 3. The highest BCUT2D eigenvalue weighted by atomic mass is 16.4. The van der Waals surface area contributed by atoms with Crippen LogP contribution in [0.3, 0.4) is 0 Å². The van der Waals surface area contributed by atoms with E-state index < -0.39 is 72.6 Å². The van der Waals surface area contributed by atoms with Crippen LogP contribution < -0.4 is 27.8 Å². The minimum absolute atomic E-state index is 0.0379. The molecule has 202 valence electrons.